The number of carbonyl (C=O) groups is 6. The second kappa shape index (κ2) is 16.9. The summed E-state index contributed by atoms with van der Waals surface area (Å²) in [5, 5.41) is 25.0. The van der Waals surface area contributed by atoms with E-state index in [0.717, 1.165) is 0 Å². The van der Waals surface area contributed by atoms with Crippen LogP contribution in [0.4, 0.5) is 0 Å². The monoisotopic (exact) mass is 534 g/mol. The number of amides is 4. The van der Waals surface area contributed by atoms with Gasteiger partial charge in [0.1, 0.15) is 18.1 Å². The van der Waals surface area contributed by atoms with Gasteiger partial charge in [0.25, 0.3) is 0 Å². The van der Waals surface area contributed by atoms with E-state index >= 15 is 0 Å². The van der Waals surface area contributed by atoms with E-state index < -0.39 is 72.6 Å². The van der Waals surface area contributed by atoms with Crippen LogP contribution in [0.25, 0.3) is 0 Å². The summed E-state index contributed by atoms with van der Waals surface area (Å²) in [4.78, 5) is 75.3. The van der Waals surface area contributed by atoms with Gasteiger partial charge in [-0.25, -0.2) is 4.79 Å². The number of hydrogen-bond acceptors (Lipinski definition) is 9. The van der Waals surface area contributed by atoms with Gasteiger partial charge in [-0.05, 0) is 31.3 Å². The van der Waals surface area contributed by atoms with Crippen molar-refractivity contribution in [1.29, 1.82) is 0 Å². The number of aliphatic imine (C=N–C) groups is 1. The zero-order chi connectivity index (χ0) is 27.8. The predicted octanol–water partition coefficient (Wildman–Crippen LogP) is -3.99. The molecule has 0 heterocycles. The van der Waals surface area contributed by atoms with Crippen molar-refractivity contribution in [3.05, 3.63) is 0 Å². The van der Waals surface area contributed by atoms with Crippen molar-refractivity contribution in [2.75, 3.05) is 18.6 Å². The van der Waals surface area contributed by atoms with Crippen LogP contribution in [0.15, 0.2) is 4.99 Å². The molecule has 4 atom stereocenters. The van der Waals surface area contributed by atoms with E-state index in [1.165, 1.54) is 11.8 Å². The number of thioether (sulfide) groups is 1. The summed E-state index contributed by atoms with van der Waals surface area (Å²) >= 11 is 1.38. The van der Waals surface area contributed by atoms with E-state index in [1.807, 2.05) is 0 Å². The Morgan fingerprint density at radius 3 is 1.89 bits per heavy atom. The Labute approximate surface area is 211 Å². The second-order valence-corrected chi connectivity index (χ2v) is 8.61. The molecule has 0 aliphatic carbocycles. The Hall–Kier alpha value is -3.60. The minimum absolute atomic E-state index is 0.0288. The Balaban J connectivity index is 5.63. The number of nitrogens with zero attached hydrogens (tertiary/aromatic N) is 1. The molecule has 0 bridgehead atoms. The lowest BCUT2D eigenvalue weighted by Crippen LogP contribution is -2.57. The standard InChI is InChI=1S/C19H34N8O8S/c1-36-6-4-11(18(34)35)26-16(32)10(3-2-5-24-19(22)23)25-17(33)12(8-13(21)28)27-15(31)9(20)7-14(29)30/h9-12H,2-8,20H2,1H3,(H2,21,28)(H,25,33)(H,26,32)(H,27,31)(H,29,30)(H,34,35)(H4,22,23,24). The summed E-state index contributed by atoms with van der Waals surface area (Å²) in [6.07, 6.45) is 0.653. The summed E-state index contributed by atoms with van der Waals surface area (Å²) < 4.78 is 0. The van der Waals surface area contributed by atoms with Crippen LogP contribution in [0.1, 0.15) is 32.1 Å². The first-order valence-electron chi connectivity index (χ1n) is 10.7. The highest BCUT2D eigenvalue weighted by atomic mass is 32.2. The minimum atomic E-state index is -1.57. The molecule has 0 aromatic heterocycles. The van der Waals surface area contributed by atoms with Crippen LogP contribution in [-0.4, -0.2) is 94.5 Å². The third kappa shape index (κ3) is 14.0. The van der Waals surface area contributed by atoms with Crippen molar-refractivity contribution < 1.29 is 39.0 Å². The first kappa shape index (κ1) is 32.4. The molecular formula is C19H34N8O8S. The molecule has 0 saturated carbocycles. The Morgan fingerprint density at radius 1 is 0.833 bits per heavy atom. The fourth-order valence-corrected chi connectivity index (χ4v) is 3.25. The molecule has 0 aromatic carbocycles. The largest absolute Gasteiger partial charge is 0.481 e. The van der Waals surface area contributed by atoms with Gasteiger partial charge in [0.05, 0.1) is 18.9 Å². The molecule has 0 spiro atoms. The van der Waals surface area contributed by atoms with Gasteiger partial charge in [0.2, 0.25) is 23.6 Å². The molecule has 0 radical (unpaired) electrons. The number of carboxylic acids is 2. The molecule has 17 heteroatoms. The van der Waals surface area contributed by atoms with Gasteiger partial charge in [0, 0.05) is 6.54 Å². The SMILES string of the molecule is CSCCC(NC(=O)C(CCCN=C(N)N)NC(=O)C(CC(N)=O)NC(=O)C(N)CC(=O)O)C(=O)O. The summed E-state index contributed by atoms with van der Waals surface area (Å²) in [6.45, 7) is 0.0995. The highest BCUT2D eigenvalue weighted by molar-refractivity contribution is 7.98. The van der Waals surface area contributed by atoms with Gasteiger partial charge in [-0.1, -0.05) is 0 Å². The first-order valence-corrected chi connectivity index (χ1v) is 12.1. The van der Waals surface area contributed by atoms with Crippen molar-refractivity contribution in [3.8, 4) is 0 Å². The lowest BCUT2D eigenvalue weighted by atomic mass is 10.1. The molecule has 0 saturated heterocycles. The van der Waals surface area contributed by atoms with Gasteiger partial charge in [-0.15, -0.1) is 0 Å². The van der Waals surface area contributed by atoms with E-state index in [1.54, 1.807) is 6.26 Å². The van der Waals surface area contributed by atoms with Crippen molar-refractivity contribution >= 4 is 53.3 Å². The first-order chi connectivity index (χ1) is 16.8. The average Bonchev–Trinajstić information content (AvgIpc) is 2.76. The van der Waals surface area contributed by atoms with Crippen molar-refractivity contribution in [1.82, 2.24) is 16.0 Å². The zero-order valence-corrected chi connectivity index (χ0v) is 20.6. The molecule has 4 unspecified atom stereocenters. The second-order valence-electron chi connectivity index (χ2n) is 7.63. The topological polar surface area (TPSA) is 295 Å². The van der Waals surface area contributed by atoms with Gasteiger partial charge in [-0.2, -0.15) is 11.8 Å². The number of hydrogen-bond donors (Lipinski definition) is 9. The van der Waals surface area contributed by atoms with Gasteiger partial charge < -0.3 is 49.1 Å². The average molecular weight is 535 g/mol. The number of rotatable bonds is 18. The number of guanidine groups is 1. The van der Waals surface area contributed by atoms with Gasteiger partial charge in [-0.3, -0.25) is 29.0 Å². The zero-order valence-electron chi connectivity index (χ0n) is 19.8. The number of nitrogens with one attached hydrogen (secondary N) is 3. The van der Waals surface area contributed by atoms with Crippen LogP contribution in [0.2, 0.25) is 0 Å². The van der Waals surface area contributed by atoms with Crippen LogP contribution < -0.4 is 38.9 Å². The molecule has 0 rings (SSSR count). The number of aliphatic carboxylic acids is 2. The lowest BCUT2D eigenvalue weighted by Gasteiger charge is -2.24. The Morgan fingerprint density at radius 2 is 1.39 bits per heavy atom. The molecule has 0 aromatic rings. The highest BCUT2D eigenvalue weighted by Gasteiger charge is 2.31. The fourth-order valence-electron chi connectivity index (χ4n) is 2.78. The fraction of sp³-hybridized carbons (Fsp3) is 0.632. The van der Waals surface area contributed by atoms with E-state index in [0.29, 0.717) is 5.75 Å². The van der Waals surface area contributed by atoms with Crippen LogP contribution in [0, 0.1) is 0 Å². The molecule has 0 aliphatic rings. The summed E-state index contributed by atoms with van der Waals surface area (Å²) in [5.41, 5.74) is 21.2. The molecular weight excluding hydrogens is 500 g/mol. The molecule has 16 nitrogen and oxygen atoms in total. The summed E-state index contributed by atoms with van der Waals surface area (Å²) in [5.74, 6) is -6.20. The third-order valence-electron chi connectivity index (χ3n) is 4.57. The van der Waals surface area contributed by atoms with Gasteiger partial charge in [0.15, 0.2) is 5.96 Å². The lowest BCUT2D eigenvalue weighted by molar-refractivity contribution is -0.142. The third-order valence-corrected chi connectivity index (χ3v) is 5.22. The number of primary amides is 1. The predicted molar refractivity (Wildman–Crippen MR) is 130 cm³/mol. The van der Waals surface area contributed by atoms with Crippen LogP contribution in [0.5, 0.6) is 0 Å². The Kier molecular flexibility index (Phi) is 15.2. The maximum Gasteiger partial charge on any atom is 0.326 e. The van der Waals surface area contributed by atoms with E-state index in [2.05, 4.69) is 20.9 Å². The van der Waals surface area contributed by atoms with E-state index in [-0.39, 0.29) is 31.8 Å². The van der Waals surface area contributed by atoms with Crippen molar-refractivity contribution in [2.24, 2.45) is 27.9 Å². The summed E-state index contributed by atoms with van der Waals surface area (Å²) in [6, 6.07) is -5.60. The Bertz CT molecular complexity index is 836. The number of carboxylic acid groups (broad SMARTS) is 2. The maximum absolute atomic E-state index is 12.8. The van der Waals surface area contributed by atoms with Crippen LogP contribution in [-0.2, 0) is 28.8 Å². The molecule has 0 fully saturated rings. The molecule has 36 heavy (non-hydrogen) atoms. The molecule has 13 N–H and O–H groups in total. The van der Waals surface area contributed by atoms with Crippen molar-refractivity contribution in [3.63, 3.8) is 0 Å². The van der Waals surface area contributed by atoms with Crippen LogP contribution in [0.3, 0.4) is 0 Å². The smallest absolute Gasteiger partial charge is 0.326 e. The molecule has 4 amide bonds. The van der Waals surface area contributed by atoms with E-state index in [4.69, 9.17) is 28.0 Å². The molecule has 204 valence electrons. The highest BCUT2D eigenvalue weighted by Crippen LogP contribution is 2.06. The number of carbonyl (C=O) groups excluding carboxylic acids is 4. The van der Waals surface area contributed by atoms with Gasteiger partial charge >= 0.3 is 11.9 Å². The van der Waals surface area contributed by atoms with Crippen molar-refractivity contribution in [2.45, 2.75) is 56.3 Å². The van der Waals surface area contributed by atoms with E-state index in [9.17, 15) is 33.9 Å². The maximum atomic E-state index is 12.8. The normalized spacial score (nSPS) is 13.8. The quantitative estimate of drug-likeness (QED) is 0.0462. The minimum Gasteiger partial charge on any atom is -0.481 e. The van der Waals surface area contributed by atoms with Crippen LogP contribution >= 0.6 is 11.8 Å². The molecule has 0 aliphatic heterocycles. The summed E-state index contributed by atoms with van der Waals surface area (Å²) in [7, 11) is 0. The number of nitrogens with two attached hydrogens (primary N) is 4.